The van der Waals surface area contributed by atoms with E-state index in [1.165, 1.54) is 28.6 Å². The number of halogens is 1. The lowest BCUT2D eigenvalue weighted by Gasteiger charge is -2.05. The van der Waals surface area contributed by atoms with Gasteiger partial charge >= 0.3 is 0 Å². The van der Waals surface area contributed by atoms with Gasteiger partial charge in [0.2, 0.25) is 11.1 Å². The molecule has 1 heterocycles. The molecule has 8 heteroatoms. The van der Waals surface area contributed by atoms with Gasteiger partial charge in [-0.1, -0.05) is 31.5 Å². The van der Waals surface area contributed by atoms with Crippen LogP contribution in [-0.2, 0) is 4.79 Å². The molecule has 6 nitrogen and oxygen atoms in total. The summed E-state index contributed by atoms with van der Waals surface area (Å²) >= 11 is 1.22. The Morgan fingerprint density at radius 1 is 1.30 bits per heavy atom. The lowest BCUT2D eigenvalue weighted by molar-refractivity contribution is -0.118. The van der Waals surface area contributed by atoms with E-state index in [4.69, 9.17) is 5.84 Å². The first-order valence-electron chi connectivity index (χ1n) is 7.47. The van der Waals surface area contributed by atoms with Gasteiger partial charge in [0.1, 0.15) is 5.82 Å². The van der Waals surface area contributed by atoms with Crippen LogP contribution in [0.5, 0.6) is 0 Å². The number of hydrogen-bond acceptors (Lipinski definition) is 5. The van der Waals surface area contributed by atoms with Gasteiger partial charge in [-0.25, -0.2) is 9.07 Å². The summed E-state index contributed by atoms with van der Waals surface area (Å²) in [6.45, 7) is 2.80. The van der Waals surface area contributed by atoms with Crippen molar-refractivity contribution in [1.82, 2.24) is 20.2 Å². The lowest BCUT2D eigenvalue weighted by atomic mass is 10.2. The molecule has 0 bridgehead atoms. The monoisotopic (exact) mass is 337 g/mol. The van der Waals surface area contributed by atoms with Crippen LogP contribution in [0.25, 0.3) is 11.4 Å². The molecule has 1 aromatic heterocycles. The Bertz CT molecular complexity index is 644. The number of unbranched alkanes of at least 4 members (excludes halogenated alkanes) is 2. The molecule has 2 aromatic rings. The first-order chi connectivity index (χ1) is 11.1. The molecule has 0 saturated carbocycles. The minimum atomic E-state index is -0.328. The van der Waals surface area contributed by atoms with Crippen molar-refractivity contribution in [3.63, 3.8) is 0 Å². The summed E-state index contributed by atoms with van der Waals surface area (Å²) in [5.74, 6) is 6.21. The van der Waals surface area contributed by atoms with E-state index >= 15 is 0 Å². The van der Waals surface area contributed by atoms with Crippen molar-refractivity contribution in [2.45, 2.75) is 31.3 Å². The van der Waals surface area contributed by atoms with Gasteiger partial charge in [-0.2, -0.15) is 0 Å². The Morgan fingerprint density at radius 3 is 2.74 bits per heavy atom. The van der Waals surface area contributed by atoms with Crippen molar-refractivity contribution in [3.05, 3.63) is 30.1 Å². The van der Waals surface area contributed by atoms with E-state index in [9.17, 15) is 9.18 Å². The Kier molecular flexibility index (Phi) is 6.40. The smallest absolute Gasteiger partial charge is 0.230 e. The van der Waals surface area contributed by atoms with E-state index in [1.54, 1.807) is 12.1 Å². The zero-order valence-electron chi connectivity index (χ0n) is 13.0. The zero-order valence-corrected chi connectivity index (χ0v) is 13.8. The molecular weight excluding hydrogens is 317 g/mol. The van der Waals surface area contributed by atoms with Gasteiger partial charge in [0.15, 0.2) is 5.82 Å². The van der Waals surface area contributed by atoms with Crippen LogP contribution in [0.3, 0.4) is 0 Å². The fraction of sp³-hybridized carbons (Fsp3) is 0.400. The van der Waals surface area contributed by atoms with E-state index in [0.717, 1.165) is 19.3 Å². The molecule has 1 aromatic carbocycles. The number of nitrogens with two attached hydrogens (primary N) is 1. The van der Waals surface area contributed by atoms with Gasteiger partial charge in [-0.15, -0.1) is 10.2 Å². The average molecular weight is 337 g/mol. The lowest BCUT2D eigenvalue weighted by Crippen LogP contribution is -2.26. The SMILES string of the molecule is CCCCCNC(=O)CSc1nnc(-c2ccc(F)cc2)n1N. The topological polar surface area (TPSA) is 85.8 Å². The summed E-state index contributed by atoms with van der Waals surface area (Å²) in [4.78, 5) is 11.7. The predicted octanol–water partition coefficient (Wildman–Crippen LogP) is 2.20. The number of thioether (sulfide) groups is 1. The molecule has 124 valence electrons. The van der Waals surface area contributed by atoms with E-state index < -0.39 is 0 Å². The fourth-order valence-corrected chi connectivity index (χ4v) is 2.64. The molecule has 3 N–H and O–H groups in total. The summed E-state index contributed by atoms with van der Waals surface area (Å²) in [5.41, 5.74) is 0.664. The van der Waals surface area contributed by atoms with Crippen LogP contribution in [0.1, 0.15) is 26.2 Å². The quantitative estimate of drug-likeness (QED) is 0.438. The molecule has 0 aliphatic carbocycles. The van der Waals surface area contributed by atoms with E-state index in [2.05, 4.69) is 22.4 Å². The Balaban J connectivity index is 1.89. The predicted molar refractivity (Wildman–Crippen MR) is 88.8 cm³/mol. The van der Waals surface area contributed by atoms with Gasteiger partial charge in [0.25, 0.3) is 0 Å². The largest absolute Gasteiger partial charge is 0.355 e. The minimum Gasteiger partial charge on any atom is -0.355 e. The third kappa shape index (κ3) is 4.95. The minimum absolute atomic E-state index is 0.0579. The summed E-state index contributed by atoms with van der Waals surface area (Å²) in [6.07, 6.45) is 3.20. The number of benzene rings is 1. The van der Waals surface area contributed by atoms with E-state index in [0.29, 0.717) is 23.1 Å². The van der Waals surface area contributed by atoms with Crippen LogP contribution >= 0.6 is 11.8 Å². The molecule has 0 unspecified atom stereocenters. The highest BCUT2D eigenvalue weighted by molar-refractivity contribution is 7.99. The van der Waals surface area contributed by atoms with Crippen molar-refractivity contribution in [2.75, 3.05) is 18.1 Å². The molecular formula is C15H20FN5OS. The number of carbonyl (C=O) groups is 1. The molecule has 1 amide bonds. The van der Waals surface area contributed by atoms with Gasteiger partial charge in [-0.3, -0.25) is 4.79 Å². The van der Waals surface area contributed by atoms with Crippen molar-refractivity contribution >= 4 is 17.7 Å². The highest BCUT2D eigenvalue weighted by Gasteiger charge is 2.13. The number of rotatable bonds is 8. The Hall–Kier alpha value is -2.09. The maximum absolute atomic E-state index is 12.9. The maximum Gasteiger partial charge on any atom is 0.230 e. The van der Waals surface area contributed by atoms with Crippen molar-refractivity contribution < 1.29 is 9.18 Å². The van der Waals surface area contributed by atoms with Crippen LogP contribution in [-0.4, -0.2) is 33.1 Å². The molecule has 0 spiro atoms. The normalized spacial score (nSPS) is 10.7. The van der Waals surface area contributed by atoms with Crippen molar-refractivity contribution in [2.24, 2.45) is 0 Å². The number of nitrogens with zero attached hydrogens (tertiary/aromatic N) is 3. The highest BCUT2D eigenvalue weighted by atomic mass is 32.2. The Labute approximate surface area is 138 Å². The van der Waals surface area contributed by atoms with Gasteiger partial charge in [-0.05, 0) is 30.7 Å². The highest BCUT2D eigenvalue weighted by Crippen LogP contribution is 2.21. The van der Waals surface area contributed by atoms with Crippen LogP contribution in [0.15, 0.2) is 29.4 Å². The van der Waals surface area contributed by atoms with Crippen LogP contribution in [0.2, 0.25) is 0 Å². The number of nitrogen functional groups attached to an aromatic ring is 1. The Morgan fingerprint density at radius 2 is 2.04 bits per heavy atom. The van der Waals surface area contributed by atoms with Gasteiger partial charge < -0.3 is 11.2 Å². The summed E-state index contributed by atoms with van der Waals surface area (Å²) < 4.78 is 14.3. The fourth-order valence-electron chi connectivity index (χ4n) is 1.96. The second-order valence-electron chi connectivity index (χ2n) is 5.03. The second kappa shape index (κ2) is 8.52. The van der Waals surface area contributed by atoms with Crippen molar-refractivity contribution in [3.8, 4) is 11.4 Å². The van der Waals surface area contributed by atoms with Crippen molar-refractivity contribution in [1.29, 1.82) is 0 Å². The van der Waals surface area contributed by atoms with E-state index in [-0.39, 0.29) is 17.5 Å². The third-order valence-corrected chi connectivity index (χ3v) is 4.14. The van der Waals surface area contributed by atoms with Crippen LogP contribution in [0, 0.1) is 5.82 Å². The third-order valence-electron chi connectivity index (χ3n) is 3.20. The first-order valence-corrected chi connectivity index (χ1v) is 8.46. The molecule has 0 saturated heterocycles. The number of hydrogen-bond donors (Lipinski definition) is 2. The molecule has 2 rings (SSSR count). The second-order valence-corrected chi connectivity index (χ2v) is 5.97. The first kappa shape index (κ1) is 17.3. The summed E-state index contributed by atoms with van der Waals surface area (Å²) in [6, 6.07) is 5.83. The zero-order chi connectivity index (χ0) is 16.7. The number of amides is 1. The van der Waals surface area contributed by atoms with Gasteiger partial charge in [0.05, 0.1) is 5.75 Å². The standard InChI is InChI=1S/C15H20FN5OS/c1-2-3-4-9-18-13(22)10-23-15-20-19-14(21(15)17)11-5-7-12(16)8-6-11/h5-8H,2-4,9-10,17H2,1H3,(H,18,22). The summed E-state index contributed by atoms with van der Waals surface area (Å²) in [5, 5.41) is 11.3. The molecule has 0 atom stereocenters. The molecule has 0 aliphatic rings. The average Bonchev–Trinajstić information content (AvgIpc) is 2.91. The number of carbonyl (C=O) groups excluding carboxylic acids is 1. The maximum atomic E-state index is 12.9. The van der Waals surface area contributed by atoms with Gasteiger partial charge in [0, 0.05) is 12.1 Å². The van der Waals surface area contributed by atoms with E-state index in [1.807, 2.05) is 0 Å². The molecule has 23 heavy (non-hydrogen) atoms. The molecule has 0 aliphatic heterocycles. The number of nitrogens with one attached hydrogen (secondary N) is 1. The summed E-state index contributed by atoms with van der Waals surface area (Å²) in [7, 11) is 0. The van der Waals surface area contributed by atoms with Crippen LogP contribution < -0.4 is 11.2 Å². The molecule has 0 fully saturated rings. The number of aromatic nitrogens is 3. The molecule has 0 radical (unpaired) electrons. The van der Waals surface area contributed by atoms with Crippen LogP contribution in [0.4, 0.5) is 4.39 Å².